The molecule has 5 heteroatoms. The lowest BCUT2D eigenvalue weighted by Gasteiger charge is -2.42. The van der Waals surface area contributed by atoms with E-state index in [0.717, 1.165) is 16.7 Å². The summed E-state index contributed by atoms with van der Waals surface area (Å²) in [6, 6.07) is 24.0. The van der Waals surface area contributed by atoms with Crippen LogP contribution in [-0.4, -0.2) is 14.2 Å². The van der Waals surface area contributed by atoms with Crippen LogP contribution in [0.1, 0.15) is 29.0 Å². The molecule has 0 saturated heterocycles. The normalized spacial score (nSPS) is 22.6. The van der Waals surface area contributed by atoms with Gasteiger partial charge in [0.25, 0.3) is 10.0 Å². The van der Waals surface area contributed by atoms with Gasteiger partial charge in [-0.1, -0.05) is 66.2 Å². The number of para-hydroxylation sites is 1. The second-order valence-corrected chi connectivity index (χ2v) is 9.68. The molecule has 150 valence electrons. The van der Waals surface area contributed by atoms with E-state index in [-0.39, 0.29) is 23.0 Å². The molecule has 5 rings (SSSR count). The van der Waals surface area contributed by atoms with Gasteiger partial charge >= 0.3 is 0 Å². The fourth-order valence-electron chi connectivity index (χ4n) is 4.75. The van der Waals surface area contributed by atoms with Crippen molar-refractivity contribution in [2.45, 2.75) is 29.7 Å². The van der Waals surface area contributed by atoms with Gasteiger partial charge in [0.2, 0.25) is 0 Å². The number of nitrogens with zero attached hydrogens (tertiary/aromatic N) is 1. The van der Waals surface area contributed by atoms with E-state index < -0.39 is 15.6 Å². The molecule has 0 amide bonds. The van der Waals surface area contributed by atoms with Crippen molar-refractivity contribution in [3.63, 3.8) is 0 Å². The van der Waals surface area contributed by atoms with E-state index in [9.17, 15) is 13.2 Å². The molecule has 0 bridgehead atoms. The summed E-state index contributed by atoms with van der Waals surface area (Å²) in [7, 11) is -3.89. The zero-order valence-electron chi connectivity index (χ0n) is 16.5. The van der Waals surface area contributed by atoms with Gasteiger partial charge in [-0.25, -0.2) is 8.42 Å². The van der Waals surface area contributed by atoms with Crippen molar-refractivity contribution < 1.29 is 13.2 Å². The lowest BCUT2D eigenvalue weighted by atomic mass is 9.72. The summed E-state index contributed by atoms with van der Waals surface area (Å²) in [4.78, 5) is 12.6. The predicted octanol–water partition coefficient (Wildman–Crippen LogP) is 4.71. The molecule has 4 nitrogen and oxygen atoms in total. The van der Waals surface area contributed by atoms with Gasteiger partial charge in [0.15, 0.2) is 5.78 Å². The lowest BCUT2D eigenvalue weighted by molar-refractivity contribution is -0.115. The van der Waals surface area contributed by atoms with Crippen molar-refractivity contribution in [2.75, 3.05) is 4.31 Å². The van der Waals surface area contributed by atoms with Crippen LogP contribution in [0.25, 0.3) is 0 Å². The number of sulfonamides is 1. The smallest absolute Gasteiger partial charge is 0.265 e. The highest BCUT2D eigenvalue weighted by molar-refractivity contribution is 7.93. The van der Waals surface area contributed by atoms with Crippen LogP contribution < -0.4 is 4.31 Å². The highest BCUT2D eigenvalue weighted by atomic mass is 32.2. The number of benzene rings is 3. The van der Waals surface area contributed by atoms with Crippen molar-refractivity contribution in [1.29, 1.82) is 0 Å². The van der Waals surface area contributed by atoms with E-state index in [0.29, 0.717) is 5.69 Å². The molecular formula is C25H21NO3S. The average molecular weight is 416 g/mol. The second kappa shape index (κ2) is 6.67. The van der Waals surface area contributed by atoms with Crippen LogP contribution in [0.2, 0.25) is 0 Å². The Labute approximate surface area is 176 Å². The van der Waals surface area contributed by atoms with Crippen molar-refractivity contribution in [3.05, 3.63) is 108 Å². The van der Waals surface area contributed by atoms with Crippen LogP contribution >= 0.6 is 0 Å². The summed E-state index contributed by atoms with van der Waals surface area (Å²) >= 11 is 0. The largest absolute Gasteiger partial charge is 0.295 e. The molecule has 0 radical (unpaired) electrons. The average Bonchev–Trinajstić information content (AvgIpc) is 3.06. The van der Waals surface area contributed by atoms with Gasteiger partial charge in [-0.15, -0.1) is 0 Å². The molecule has 0 unspecified atom stereocenters. The van der Waals surface area contributed by atoms with E-state index in [2.05, 4.69) is 0 Å². The standard InChI is InChI=1S/C25H21NO3S/c1-18-11-13-21(14-12-18)30(28,29)26-24-10-6-5-9-22(24)23-17-20(27)15-16-25(23,26)19-7-3-2-4-8-19/h2-16,23H,17H2,1H3/t23-,25+/m1/s1. The SMILES string of the molecule is Cc1ccc(S(=O)(=O)N2c3ccccc3[C@H]3CC(=O)C=C[C@]32c2ccccc2)cc1. The van der Waals surface area contributed by atoms with Gasteiger partial charge in [0, 0.05) is 12.3 Å². The minimum absolute atomic E-state index is 0.0101. The summed E-state index contributed by atoms with van der Waals surface area (Å²) in [5, 5.41) is 0. The predicted molar refractivity (Wildman–Crippen MR) is 117 cm³/mol. The number of allylic oxidation sites excluding steroid dienone is 1. The maximum Gasteiger partial charge on any atom is 0.265 e. The summed E-state index contributed by atoms with van der Waals surface area (Å²) in [5.74, 6) is -0.273. The number of carbonyl (C=O) groups is 1. The van der Waals surface area contributed by atoms with E-state index in [1.807, 2.05) is 73.7 Å². The first-order valence-electron chi connectivity index (χ1n) is 9.93. The molecule has 0 N–H and O–H groups in total. The number of hydrogen-bond donors (Lipinski definition) is 0. The topological polar surface area (TPSA) is 54.5 Å². The number of anilines is 1. The second-order valence-electron chi connectivity index (χ2n) is 7.89. The molecule has 2 aliphatic rings. The van der Waals surface area contributed by atoms with Crippen LogP contribution in [0.15, 0.2) is 95.9 Å². The van der Waals surface area contributed by atoms with Crippen LogP contribution in [-0.2, 0) is 20.4 Å². The van der Waals surface area contributed by atoms with E-state index in [1.54, 1.807) is 18.2 Å². The summed E-state index contributed by atoms with van der Waals surface area (Å²) in [6.07, 6.45) is 3.58. The fraction of sp³-hybridized carbons (Fsp3) is 0.160. The number of carbonyl (C=O) groups excluding carboxylic acids is 1. The van der Waals surface area contributed by atoms with Crippen molar-refractivity contribution in [3.8, 4) is 0 Å². The maximum atomic E-state index is 14.0. The van der Waals surface area contributed by atoms with E-state index in [1.165, 1.54) is 10.4 Å². The van der Waals surface area contributed by atoms with Gasteiger partial charge in [-0.3, -0.25) is 9.10 Å². The summed E-state index contributed by atoms with van der Waals surface area (Å²) < 4.78 is 29.6. The van der Waals surface area contributed by atoms with Crippen molar-refractivity contribution in [2.24, 2.45) is 0 Å². The third kappa shape index (κ3) is 2.58. The monoisotopic (exact) mass is 415 g/mol. The van der Waals surface area contributed by atoms with Crippen LogP contribution in [0.5, 0.6) is 0 Å². The third-order valence-electron chi connectivity index (χ3n) is 6.12. The number of hydrogen-bond acceptors (Lipinski definition) is 3. The molecule has 0 spiro atoms. The number of aryl methyl sites for hydroxylation is 1. The maximum absolute atomic E-state index is 14.0. The van der Waals surface area contributed by atoms with Crippen LogP contribution in [0, 0.1) is 6.92 Å². The highest BCUT2D eigenvalue weighted by Crippen LogP contribution is 2.58. The highest BCUT2D eigenvalue weighted by Gasteiger charge is 2.57. The summed E-state index contributed by atoms with van der Waals surface area (Å²) in [5.41, 5.74) is 2.38. The van der Waals surface area contributed by atoms with Crippen molar-refractivity contribution in [1.82, 2.24) is 0 Å². The van der Waals surface area contributed by atoms with Gasteiger partial charge in [-0.05, 0) is 48.4 Å². The van der Waals surface area contributed by atoms with Gasteiger partial charge in [-0.2, -0.15) is 0 Å². The molecule has 1 aliphatic heterocycles. The molecule has 0 saturated carbocycles. The minimum Gasteiger partial charge on any atom is -0.295 e. The minimum atomic E-state index is -3.89. The number of rotatable bonds is 3. The molecule has 1 aliphatic carbocycles. The van der Waals surface area contributed by atoms with Gasteiger partial charge in [0.05, 0.1) is 10.6 Å². The van der Waals surface area contributed by atoms with E-state index >= 15 is 0 Å². The van der Waals surface area contributed by atoms with Crippen molar-refractivity contribution >= 4 is 21.5 Å². The molecule has 3 aromatic carbocycles. The Kier molecular flexibility index (Phi) is 4.19. The van der Waals surface area contributed by atoms with E-state index in [4.69, 9.17) is 0 Å². The van der Waals surface area contributed by atoms with Gasteiger partial charge < -0.3 is 0 Å². The third-order valence-corrected chi connectivity index (χ3v) is 7.97. The summed E-state index contributed by atoms with van der Waals surface area (Å²) in [6.45, 7) is 1.93. The molecule has 1 heterocycles. The molecule has 0 fully saturated rings. The lowest BCUT2D eigenvalue weighted by Crippen LogP contribution is -2.49. The number of ketones is 1. The van der Waals surface area contributed by atoms with Crippen LogP contribution in [0.3, 0.4) is 0 Å². The molecule has 0 aromatic heterocycles. The van der Waals surface area contributed by atoms with Gasteiger partial charge in [0.1, 0.15) is 5.54 Å². The molecule has 2 atom stereocenters. The first-order chi connectivity index (χ1) is 14.4. The molecule has 30 heavy (non-hydrogen) atoms. The zero-order chi connectivity index (χ0) is 20.9. The molecular weight excluding hydrogens is 394 g/mol. The first-order valence-corrected chi connectivity index (χ1v) is 11.4. The number of fused-ring (bicyclic) bond motifs is 3. The Morgan fingerprint density at radius 2 is 1.57 bits per heavy atom. The Bertz CT molecular complexity index is 1260. The zero-order valence-corrected chi connectivity index (χ0v) is 17.3. The Balaban J connectivity index is 1.84. The Morgan fingerprint density at radius 1 is 0.900 bits per heavy atom. The van der Waals surface area contributed by atoms with Crippen LogP contribution in [0.4, 0.5) is 5.69 Å². The first kappa shape index (κ1) is 18.8. The molecule has 3 aromatic rings. The quantitative estimate of drug-likeness (QED) is 0.622. The Hall–Kier alpha value is -3.18. The fourth-order valence-corrected chi connectivity index (χ4v) is 6.55. The Morgan fingerprint density at radius 3 is 2.30 bits per heavy atom.